The van der Waals surface area contributed by atoms with Crippen molar-refractivity contribution in [1.29, 1.82) is 0 Å². The Labute approximate surface area is 288 Å². The second kappa shape index (κ2) is 19.0. The van der Waals surface area contributed by atoms with E-state index in [2.05, 4.69) is 20.8 Å². The van der Waals surface area contributed by atoms with Crippen LogP contribution in [0.3, 0.4) is 0 Å². The number of benzene rings is 2. The number of sulfonamides is 1. The molecule has 5 N–H and O–H groups in total. The third kappa shape index (κ3) is 10.9. The first-order valence-electron chi connectivity index (χ1n) is 15.5. The number of nitrogens with zero attached hydrogens (tertiary/aromatic N) is 1. The van der Waals surface area contributed by atoms with Gasteiger partial charge in [0.2, 0.25) is 5.91 Å². The number of piperidine rings is 2. The monoisotopic (exact) mass is 721 g/mol. The normalized spacial score (nSPS) is 16.7. The minimum Gasteiger partial charge on any atom is -0.480 e. The summed E-state index contributed by atoms with van der Waals surface area (Å²) in [5.41, 5.74) is 0. The Morgan fingerprint density at radius 3 is 1.96 bits per heavy atom. The summed E-state index contributed by atoms with van der Waals surface area (Å²) in [6.45, 7) is 4.56. The topological polar surface area (TPSA) is 157 Å². The SMILES string of the molecule is CC(C(=O)O)N(NS(=O)(=O)c1ccc(Cl)c2ccccc12)C(=O)CNC(=O)C(CCC1CCNCC1)CCC1CCNCC1.Cl.Cl. The maximum atomic E-state index is 13.5. The van der Waals surface area contributed by atoms with E-state index in [1.165, 1.54) is 19.1 Å². The van der Waals surface area contributed by atoms with E-state index in [0.29, 0.717) is 45.5 Å². The first kappa shape index (κ1) is 40.0. The van der Waals surface area contributed by atoms with Crippen LogP contribution in [-0.4, -0.2) is 75.1 Å². The minimum atomic E-state index is -4.41. The van der Waals surface area contributed by atoms with Gasteiger partial charge in [-0.05, 0) is 108 Å². The molecule has 0 aromatic heterocycles. The highest BCUT2D eigenvalue weighted by Gasteiger charge is 2.32. The highest BCUT2D eigenvalue weighted by molar-refractivity contribution is 7.89. The molecule has 2 aromatic carbocycles. The summed E-state index contributed by atoms with van der Waals surface area (Å²) in [4.78, 5) is 40.7. The Morgan fingerprint density at radius 2 is 1.43 bits per heavy atom. The van der Waals surface area contributed by atoms with Gasteiger partial charge in [-0.15, -0.1) is 29.6 Å². The molecule has 1 atom stereocenters. The molecule has 2 aromatic rings. The third-order valence-corrected chi connectivity index (χ3v) is 10.6. The maximum Gasteiger partial charge on any atom is 0.327 e. The Bertz CT molecular complexity index is 1400. The lowest BCUT2D eigenvalue weighted by molar-refractivity contribution is -0.150. The van der Waals surface area contributed by atoms with Crippen molar-refractivity contribution in [3.63, 3.8) is 0 Å². The summed E-state index contributed by atoms with van der Waals surface area (Å²) in [7, 11) is -4.41. The Kier molecular flexibility index (Phi) is 16.5. The molecule has 2 heterocycles. The minimum absolute atomic E-state index is 0. The van der Waals surface area contributed by atoms with Crippen molar-refractivity contribution in [2.24, 2.45) is 17.8 Å². The number of amides is 2. The van der Waals surface area contributed by atoms with Crippen LogP contribution in [0.4, 0.5) is 0 Å². The number of halogens is 3. The van der Waals surface area contributed by atoms with Crippen LogP contribution < -0.4 is 20.8 Å². The van der Waals surface area contributed by atoms with E-state index in [0.717, 1.165) is 64.7 Å². The van der Waals surface area contributed by atoms with Crippen LogP contribution in [0, 0.1) is 17.8 Å². The number of fused-ring (bicyclic) bond motifs is 1. The van der Waals surface area contributed by atoms with Crippen LogP contribution in [0.15, 0.2) is 41.3 Å². The molecule has 0 radical (unpaired) electrons. The van der Waals surface area contributed by atoms with Crippen LogP contribution in [0.5, 0.6) is 0 Å². The lowest BCUT2D eigenvalue weighted by Crippen LogP contribution is -2.56. The van der Waals surface area contributed by atoms with Crippen molar-refractivity contribution in [3.05, 3.63) is 41.4 Å². The van der Waals surface area contributed by atoms with Crippen molar-refractivity contribution in [3.8, 4) is 0 Å². The van der Waals surface area contributed by atoms with Gasteiger partial charge in [0.05, 0.1) is 11.4 Å². The number of carbonyl (C=O) groups excluding carboxylic acids is 2. The molecule has 0 aliphatic carbocycles. The van der Waals surface area contributed by atoms with Gasteiger partial charge < -0.3 is 21.1 Å². The molecule has 0 saturated carbocycles. The molecule has 2 saturated heterocycles. The fraction of sp³-hybridized carbons (Fsp3) is 0.581. The van der Waals surface area contributed by atoms with Crippen LogP contribution in [0.25, 0.3) is 10.8 Å². The molecule has 2 fully saturated rings. The number of aliphatic carboxylic acids is 1. The molecular weight excluding hydrogens is 677 g/mol. The summed E-state index contributed by atoms with van der Waals surface area (Å²) < 4.78 is 27.0. The van der Waals surface area contributed by atoms with Crippen LogP contribution in [0.1, 0.15) is 58.3 Å². The summed E-state index contributed by atoms with van der Waals surface area (Å²) in [5, 5.41) is 20.8. The largest absolute Gasteiger partial charge is 0.480 e. The lowest BCUT2D eigenvalue weighted by atomic mass is 9.84. The van der Waals surface area contributed by atoms with Gasteiger partial charge in [-0.3, -0.25) is 9.59 Å². The van der Waals surface area contributed by atoms with Crippen molar-refractivity contribution >= 4 is 75.0 Å². The number of hydrogen-bond acceptors (Lipinski definition) is 7. The second-order valence-electron chi connectivity index (χ2n) is 11.9. The molecule has 46 heavy (non-hydrogen) atoms. The van der Waals surface area contributed by atoms with Crippen LogP contribution >= 0.6 is 36.4 Å². The van der Waals surface area contributed by atoms with E-state index >= 15 is 0 Å². The molecule has 2 amide bonds. The second-order valence-corrected chi connectivity index (χ2v) is 14.0. The molecule has 2 aliphatic rings. The number of carbonyl (C=O) groups is 3. The lowest BCUT2D eigenvalue weighted by Gasteiger charge is -2.28. The van der Waals surface area contributed by atoms with Crippen molar-refractivity contribution in [1.82, 2.24) is 25.8 Å². The fourth-order valence-electron chi connectivity index (χ4n) is 6.12. The van der Waals surface area contributed by atoms with Gasteiger partial charge in [-0.2, -0.15) is 0 Å². The Morgan fingerprint density at radius 1 is 0.913 bits per heavy atom. The number of nitrogens with one attached hydrogen (secondary N) is 4. The third-order valence-electron chi connectivity index (χ3n) is 8.90. The Hall–Kier alpha value is -2.19. The maximum absolute atomic E-state index is 13.5. The standard InChI is InChI=1S/C31H44ClN5O6S.2ClH/c1-21(31(40)41)37(36-44(42,43)28-11-10-27(32)25-4-2-3-5-26(25)28)29(38)20-35-30(39)24(8-6-22-12-16-33-17-13-22)9-7-23-14-18-34-19-15-23;;/h2-5,10-11,21-24,33-34,36H,6-9,12-20H2,1H3,(H,35,39)(H,40,41);2*1H. The quantitative estimate of drug-likeness (QED) is 0.182. The summed E-state index contributed by atoms with van der Waals surface area (Å²) in [6.07, 6.45) is 7.58. The van der Waals surface area contributed by atoms with Crippen molar-refractivity contribution < 1.29 is 27.9 Å². The van der Waals surface area contributed by atoms with E-state index in [4.69, 9.17) is 11.6 Å². The average molecular weight is 723 g/mol. The number of carboxylic acid groups (broad SMARTS) is 1. The van der Waals surface area contributed by atoms with Crippen molar-refractivity contribution in [2.75, 3.05) is 32.7 Å². The van der Waals surface area contributed by atoms with Gasteiger partial charge in [0.1, 0.15) is 6.04 Å². The number of hydrazine groups is 1. The number of carboxylic acids is 1. The van der Waals surface area contributed by atoms with Crippen LogP contribution in [0.2, 0.25) is 5.02 Å². The predicted octanol–water partition coefficient (Wildman–Crippen LogP) is 4.12. The summed E-state index contributed by atoms with van der Waals surface area (Å²) in [6, 6.07) is 7.82. The van der Waals surface area contributed by atoms with E-state index in [-0.39, 0.29) is 41.5 Å². The van der Waals surface area contributed by atoms with E-state index in [1.54, 1.807) is 24.3 Å². The fourth-order valence-corrected chi connectivity index (χ4v) is 7.68. The van der Waals surface area contributed by atoms with Gasteiger partial charge in [0, 0.05) is 21.7 Å². The van der Waals surface area contributed by atoms with Gasteiger partial charge in [0.25, 0.3) is 15.9 Å². The van der Waals surface area contributed by atoms with Gasteiger partial charge >= 0.3 is 5.97 Å². The van der Waals surface area contributed by atoms with Gasteiger partial charge in [0.15, 0.2) is 0 Å². The first-order chi connectivity index (χ1) is 21.1. The average Bonchev–Trinajstić information content (AvgIpc) is 3.03. The molecule has 258 valence electrons. The van der Waals surface area contributed by atoms with Gasteiger partial charge in [-0.25, -0.2) is 18.2 Å². The molecule has 15 heteroatoms. The smallest absolute Gasteiger partial charge is 0.327 e. The summed E-state index contributed by atoms with van der Waals surface area (Å²) in [5.74, 6) is -1.74. The highest BCUT2D eigenvalue weighted by Crippen LogP contribution is 2.30. The predicted molar refractivity (Wildman–Crippen MR) is 184 cm³/mol. The zero-order valence-electron chi connectivity index (χ0n) is 26.0. The molecule has 4 rings (SSSR count). The molecular formula is C31H46Cl3N5O6S. The van der Waals surface area contributed by atoms with E-state index in [9.17, 15) is 27.9 Å². The zero-order chi connectivity index (χ0) is 31.7. The highest BCUT2D eigenvalue weighted by atomic mass is 35.5. The molecule has 2 aliphatic heterocycles. The Balaban J connectivity index is 0.00000368. The first-order valence-corrected chi connectivity index (χ1v) is 17.4. The van der Waals surface area contributed by atoms with Crippen molar-refractivity contribution in [2.45, 2.75) is 69.2 Å². The molecule has 0 spiro atoms. The van der Waals surface area contributed by atoms with E-state index < -0.39 is 34.5 Å². The molecule has 11 nitrogen and oxygen atoms in total. The van der Waals surface area contributed by atoms with E-state index in [1.807, 2.05) is 0 Å². The van der Waals surface area contributed by atoms with Crippen LogP contribution in [-0.2, 0) is 24.4 Å². The van der Waals surface area contributed by atoms with Gasteiger partial charge in [-0.1, -0.05) is 35.9 Å². The number of hydrogen-bond donors (Lipinski definition) is 5. The zero-order valence-corrected chi connectivity index (χ0v) is 29.2. The molecule has 0 bridgehead atoms. The molecule has 1 unspecified atom stereocenters. The number of rotatable bonds is 14. The summed E-state index contributed by atoms with van der Waals surface area (Å²) >= 11 is 6.25.